The second-order valence-corrected chi connectivity index (χ2v) is 2.16. The zero-order valence-electron chi connectivity index (χ0n) is 5.46. The molecule has 0 aliphatic carbocycles. The molecule has 3 heteroatoms. The number of rotatable bonds is 2. The summed E-state index contributed by atoms with van der Waals surface area (Å²) in [6, 6.07) is 0.375. The number of nitrogens with one attached hydrogen (secondary N) is 1. The fourth-order valence-electron chi connectivity index (χ4n) is 0.863. The van der Waals surface area contributed by atoms with Crippen LogP contribution in [0.15, 0.2) is 0 Å². The van der Waals surface area contributed by atoms with Crippen molar-refractivity contribution < 1.29 is 9.53 Å². The summed E-state index contributed by atoms with van der Waals surface area (Å²) in [4.78, 5) is 10.1. The maximum atomic E-state index is 10.1. The van der Waals surface area contributed by atoms with Crippen LogP contribution in [0.25, 0.3) is 0 Å². The molecule has 1 aliphatic rings. The summed E-state index contributed by atoms with van der Waals surface area (Å²) in [6.07, 6.45) is 1.45. The normalized spacial score (nSPS) is 34.8. The van der Waals surface area contributed by atoms with Crippen molar-refractivity contribution in [2.75, 3.05) is 6.61 Å². The van der Waals surface area contributed by atoms with Crippen LogP contribution in [0.3, 0.4) is 0 Å². The number of hydrogen-bond acceptors (Lipinski definition) is 3. The molecule has 0 saturated carbocycles. The Morgan fingerprint density at radius 2 is 2.67 bits per heavy atom. The van der Waals surface area contributed by atoms with E-state index in [1.165, 1.54) is 0 Å². The molecule has 3 nitrogen and oxygen atoms in total. The van der Waals surface area contributed by atoms with Crippen LogP contribution in [0.2, 0.25) is 0 Å². The second-order valence-electron chi connectivity index (χ2n) is 2.16. The van der Waals surface area contributed by atoms with Gasteiger partial charge in [-0.05, 0) is 6.42 Å². The predicted molar refractivity (Wildman–Crippen MR) is 33.0 cm³/mol. The monoisotopic (exact) mass is 129 g/mol. The van der Waals surface area contributed by atoms with E-state index in [-0.39, 0.29) is 6.23 Å². The van der Waals surface area contributed by atoms with Gasteiger partial charge in [0.15, 0.2) is 12.5 Å². The van der Waals surface area contributed by atoms with E-state index in [0.717, 1.165) is 12.7 Å². The average molecular weight is 129 g/mol. The van der Waals surface area contributed by atoms with Crippen LogP contribution in [0.1, 0.15) is 13.3 Å². The first-order chi connectivity index (χ1) is 4.36. The van der Waals surface area contributed by atoms with Crippen LogP contribution in [0.5, 0.6) is 0 Å². The van der Waals surface area contributed by atoms with Crippen LogP contribution < -0.4 is 5.32 Å². The standard InChI is InChI=1S/C6H11NO2/c1-2-5-4-9-6(3-8)7-5/h3,5-7H,2,4H2,1H3. The summed E-state index contributed by atoms with van der Waals surface area (Å²) in [5.41, 5.74) is 0. The molecule has 1 heterocycles. The summed E-state index contributed by atoms with van der Waals surface area (Å²) < 4.78 is 5.03. The molecule has 1 fully saturated rings. The largest absolute Gasteiger partial charge is 0.355 e. The van der Waals surface area contributed by atoms with Crippen molar-refractivity contribution >= 4 is 6.29 Å². The highest BCUT2D eigenvalue weighted by atomic mass is 16.5. The SMILES string of the molecule is CCC1COC(C=O)N1. The van der Waals surface area contributed by atoms with E-state index in [1.807, 2.05) is 0 Å². The molecule has 2 unspecified atom stereocenters. The van der Waals surface area contributed by atoms with E-state index < -0.39 is 0 Å². The summed E-state index contributed by atoms with van der Waals surface area (Å²) in [5.74, 6) is 0. The smallest absolute Gasteiger partial charge is 0.164 e. The van der Waals surface area contributed by atoms with E-state index in [2.05, 4.69) is 12.2 Å². The zero-order chi connectivity index (χ0) is 6.69. The third-order valence-corrected chi connectivity index (χ3v) is 1.49. The lowest BCUT2D eigenvalue weighted by Crippen LogP contribution is -2.30. The summed E-state index contributed by atoms with van der Waals surface area (Å²) in [6.45, 7) is 2.73. The fourth-order valence-corrected chi connectivity index (χ4v) is 0.863. The molecule has 2 atom stereocenters. The van der Waals surface area contributed by atoms with Crippen molar-refractivity contribution in [3.05, 3.63) is 0 Å². The lowest BCUT2D eigenvalue weighted by molar-refractivity contribution is -0.116. The molecule has 0 amide bonds. The molecule has 1 rings (SSSR count). The summed E-state index contributed by atoms with van der Waals surface area (Å²) in [7, 11) is 0. The van der Waals surface area contributed by atoms with Crippen LogP contribution in [-0.4, -0.2) is 25.2 Å². The third-order valence-electron chi connectivity index (χ3n) is 1.49. The van der Waals surface area contributed by atoms with Crippen molar-refractivity contribution in [2.24, 2.45) is 0 Å². The molecule has 1 aliphatic heterocycles. The van der Waals surface area contributed by atoms with E-state index in [4.69, 9.17) is 4.74 Å². The van der Waals surface area contributed by atoms with Gasteiger partial charge in [0.1, 0.15) is 0 Å². The zero-order valence-corrected chi connectivity index (χ0v) is 5.46. The van der Waals surface area contributed by atoms with E-state index in [1.54, 1.807) is 0 Å². The second kappa shape index (κ2) is 2.94. The Kier molecular flexibility index (Phi) is 2.19. The highest BCUT2D eigenvalue weighted by Crippen LogP contribution is 2.02. The van der Waals surface area contributed by atoms with Gasteiger partial charge in [0, 0.05) is 6.04 Å². The maximum Gasteiger partial charge on any atom is 0.164 e. The molecule has 0 aromatic rings. The molecule has 0 spiro atoms. The minimum Gasteiger partial charge on any atom is -0.355 e. The van der Waals surface area contributed by atoms with E-state index in [9.17, 15) is 4.79 Å². The number of hydrogen-bond donors (Lipinski definition) is 1. The highest BCUT2D eigenvalue weighted by Gasteiger charge is 2.21. The van der Waals surface area contributed by atoms with Crippen molar-refractivity contribution in [1.29, 1.82) is 0 Å². The van der Waals surface area contributed by atoms with Crippen molar-refractivity contribution in [3.63, 3.8) is 0 Å². The van der Waals surface area contributed by atoms with E-state index in [0.29, 0.717) is 12.6 Å². The molecular weight excluding hydrogens is 118 g/mol. The molecule has 1 saturated heterocycles. The molecule has 0 aromatic carbocycles. The van der Waals surface area contributed by atoms with Gasteiger partial charge in [0.05, 0.1) is 6.61 Å². The van der Waals surface area contributed by atoms with Gasteiger partial charge in [0.25, 0.3) is 0 Å². The average Bonchev–Trinajstić information content (AvgIpc) is 2.34. The van der Waals surface area contributed by atoms with Gasteiger partial charge in [0.2, 0.25) is 0 Å². The number of ether oxygens (including phenoxy) is 1. The summed E-state index contributed by atoms with van der Waals surface area (Å²) >= 11 is 0. The molecule has 52 valence electrons. The van der Waals surface area contributed by atoms with Gasteiger partial charge < -0.3 is 4.74 Å². The van der Waals surface area contributed by atoms with Gasteiger partial charge in [-0.1, -0.05) is 6.92 Å². The van der Waals surface area contributed by atoms with Gasteiger partial charge in [-0.2, -0.15) is 0 Å². The number of carbonyl (C=O) groups is 1. The van der Waals surface area contributed by atoms with Gasteiger partial charge in [-0.25, -0.2) is 0 Å². The highest BCUT2D eigenvalue weighted by molar-refractivity contribution is 5.55. The Bertz CT molecular complexity index is 105. The first-order valence-corrected chi connectivity index (χ1v) is 3.19. The topological polar surface area (TPSA) is 38.3 Å². The lowest BCUT2D eigenvalue weighted by atomic mass is 10.2. The van der Waals surface area contributed by atoms with Crippen LogP contribution >= 0.6 is 0 Å². The Balaban J connectivity index is 2.28. The van der Waals surface area contributed by atoms with Crippen molar-refractivity contribution in [3.8, 4) is 0 Å². The predicted octanol–water partition coefficient (Wildman–Crippen LogP) is -0.0902. The fraction of sp³-hybridized carbons (Fsp3) is 0.833. The molecule has 0 radical (unpaired) electrons. The van der Waals surface area contributed by atoms with Crippen LogP contribution in [0, 0.1) is 0 Å². The van der Waals surface area contributed by atoms with Gasteiger partial charge >= 0.3 is 0 Å². The van der Waals surface area contributed by atoms with Crippen molar-refractivity contribution in [2.45, 2.75) is 25.6 Å². The Morgan fingerprint density at radius 1 is 1.89 bits per heavy atom. The Labute approximate surface area is 54.4 Å². The Morgan fingerprint density at radius 3 is 3.00 bits per heavy atom. The van der Waals surface area contributed by atoms with E-state index >= 15 is 0 Å². The van der Waals surface area contributed by atoms with Crippen LogP contribution in [-0.2, 0) is 9.53 Å². The Hall–Kier alpha value is -0.410. The van der Waals surface area contributed by atoms with Gasteiger partial charge in [-0.15, -0.1) is 0 Å². The maximum absolute atomic E-state index is 10.1. The summed E-state index contributed by atoms with van der Waals surface area (Å²) in [5, 5.41) is 3.00. The minimum atomic E-state index is -0.352. The number of carbonyl (C=O) groups excluding carboxylic acids is 1. The number of aldehydes is 1. The molecule has 0 aromatic heterocycles. The lowest BCUT2D eigenvalue weighted by Gasteiger charge is -2.02. The van der Waals surface area contributed by atoms with Crippen molar-refractivity contribution in [1.82, 2.24) is 5.32 Å². The minimum absolute atomic E-state index is 0.352. The van der Waals surface area contributed by atoms with Gasteiger partial charge in [-0.3, -0.25) is 10.1 Å². The van der Waals surface area contributed by atoms with Crippen LogP contribution in [0.4, 0.5) is 0 Å². The first-order valence-electron chi connectivity index (χ1n) is 3.19. The third kappa shape index (κ3) is 1.50. The molecule has 0 bridgehead atoms. The molecular formula is C6H11NO2. The molecule has 1 N–H and O–H groups in total. The first kappa shape index (κ1) is 6.71. The quantitative estimate of drug-likeness (QED) is 0.529. The molecule has 9 heavy (non-hydrogen) atoms.